The molecule has 4 saturated heterocycles. The largest absolute Gasteiger partial charge is 0.366 e. The summed E-state index contributed by atoms with van der Waals surface area (Å²) >= 11 is 3.29. The van der Waals surface area contributed by atoms with Crippen LogP contribution in [0.4, 0.5) is 0 Å². The second kappa shape index (κ2) is 24.7. The Morgan fingerprint density at radius 1 is 0.696 bits per heavy atom. The number of nitrogens with zero attached hydrogens (tertiary/aromatic N) is 2. The monoisotopic (exact) mass is 984 g/mol. The third kappa shape index (κ3) is 13.6. The van der Waals surface area contributed by atoms with E-state index in [-0.39, 0.29) is 79.2 Å². The summed E-state index contributed by atoms with van der Waals surface area (Å²) in [7, 11) is 3.36. The van der Waals surface area contributed by atoms with Gasteiger partial charge >= 0.3 is 0 Å². The molecule has 6 rings (SSSR count). The number of hydrogen-bond donors (Lipinski definition) is 6. The lowest BCUT2D eigenvalue weighted by Gasteiger charge is -2.35. The van der Waals surface area contributed by atoms with Crippen molar-refractivity contribution in [2.24, 2.45) is 10.8 Å². The summed E-state index contributed by atoms with van der Waals surface area (Å²) in [6, 6.07) is 14.5. The van der Waals surface area contributed by atoms with Crippen LogP contribution >= 0.6 is 23.5 Å². The second-order valence-electron chi connectivity index (χ2n) is 19.2. The molecule has 2 aromatic rings. The molecule has 4 heterocycles. The maximum Gasteiger partial charge on any atom is 0.246 e. The molecule has 6 N–H and O–H groups in total. The van der Waals surface area contributed by atoms with Gasteiger partial charge in [-0.1, -0.05) is 100 Å². The highest BCUT2D eigenvalue weighted by Gasteiger charge is 2.56. The van der Waals surface area contributed by atoms with E-state index < -0.39 is 53.1 Å². The fraction of sp³-hybridized carbons (Fsp3) is 0.569. The number of thioether (sulfide) groups is 2. The molecular formula is C51H68N8O8S2. The zero-order chi connectivity index (χ0) is 49.7. The molecule has 4 aliphatic heterocycles. The van der Waals surface area contributed by atoms with Crippen LogP contribution in [-0.4, -0.2) is 145 Å². The van der Waals surface area contributed by atoms with Gasteiger partial charge in [0, 0.05) is 0 Å². The third-order valence-corrected chi connectivity index (χ3v) is 15.6. The summed E-state index contributed by atoms with van der Waals surface area (Å²) in [5, 5.41) is 17.5. The third-order valence-electron chi connectivity index (χ3n) is 13.1. The van der Waals surface area contributed by atoms with Gasteiger partial charge in [-0.25, -0.2) is 0 Å². The Bertz CT molecular complexity index is 2260. The van der Waals surface area contributed by atoms with E-state index in [9.17, 15) is 28.8 Å². The van der Waals surface area contributed by atoms with Gasteiger partial charge in [0.1, 0.15) is 37.4 Å². The zero-order valence-corrected chi connectivity index (χ0v) is 42.4. The number of hydrogen-bond acceptors (Lipinski definition) is 12. The van der Waals surface area contributed by atoms with Crippen molar-refractivity contribution in [1.82, 2.24) is 41.7 Å². The van der Waals surface area contributed by atoms with Crippen LogP contribution in [0.5, 0.6) is 0 Å². The molecule has 4 fully saturated rings. The number of carbonyl (C=O) groups excluding carboxylic acids is 6. The summed E-state index contributed by atoms with van der Waals surface area (Å²) in [6.07, 6.45) is 2.24. The molecule has 0 aliphatic carbocycles. The first-order chi connectivity index (χ1) is 33.1. The van der Waals surface area contributed by atoms with Crippen LogP contribution in [0.2, 0.25) is 0 Å². The highest BCUT2D eigenvalue weighted by Crippen LogP contribution is 2.48. The summed E-state index contributed by atoms with van der Waals surface area (Å²) in [4.78, 5) is 85.3. The molecule has 69 heavy (non-hydrogen) atoms. The van der Waals surface area contributed by atoms with Crippen molar-refractivity contribution in [2.45, 2.75) is 113 Å². The smallest absolute Gasteiger partial charge is 0.246 e. The fourth-order valence-electron chi connectivity index (χ4n) is 9.47. The standard InChI is InChI=1S/C51H68N8O8S2/c1-33(53-7)45(61)55-37-23-27-69-42-29-51(4,5)44(59(42)49(37)65)47(63)57-39(35-20-14-11-15-21-35)32-67-25-17-9-8-16-24-66-31-38(34-18-12-10-13-19-34)56-46(62)43-50(2,3)28-41-58(43)48(64)36(22-26-68-41)54-40(60)30-52-6/h10-15,18-21,33,36-39,41-44,52-53H,22-32H2,1-7H3,(H,54,60)(H,55,61)(H,56,62)(H,57,63)/t33-,36-,37-,38+,39?,41?,42?,43+,44+/m0/s1. The Balaban J connectivity index is 1.04. The quantitative estimate of drug-likeness (QED) is 0.0946. The molecule has 9 atom stereocenters. The SMILES string of the molecule is CNCC(=O)N[C@H]1CCSC2CC(C)(C)[C@@H](C(=O)N[C@H](COCC#CC#CCOCC(NC(=O)[C@H]3N4C(=O)[C@@H](NC(=O)[C@H](C)NC)CCSC4CC3(C)C)c3ccccc3)c3ccccc3)N2C1=O. The van der Waals surface area contributed by atoms with Crippen LogP contribution in [0, 0.1) is 34.5 Å². The van der Waals surface area contributed by atoms with E-state index in [0.717, 1.165) is 11.1 Å². The van der Waals surface area contributed by atoms with Gasteiger partial charge in [-0.3, -0.25) is 28.8 Å². The van der Waals surface area contributed by atoms with E-state index >= 15 is 0 Å². The van der Waals surface area contributed by atoms with Gasteiger partial charge in [0.2, 0.25) is 35.4 Å². The van der Waals surface area contributed by atoms with Crippen molar-refractivity contribution in [3.05, 3.63) is 71.8 Å². The van der Waals surface area contributed by atoms with E-state index in [2.05, 4.69) is 55.6 Å². The molecular weight excluding hydrogens is 917 g/mol. The molecule has 0 aromatic heterocycles. The number of fused-ring (bicyclic) bond motifs is 2. The van der Waals surface area contributed by atoms with Gasteiger partial charge < -0.3 is 51.2 Å². The minimum Gasteiger partial charge on any atom is -0.366 e. The Hall–Kier alpha value is -5.08. The van der Waals surface area contributed by atoms with E-state index in [1.54, 1.807) is 54.3 Å². The first kappa shape index (κ1) is 53.3. The van der Waals surface area contributed by atoms with Crippen molar-refractivity contribution >= 4 is 59.0 Å². The van der Waals surface area contributed by atoms with Gasteiger partial charge in [-0.2, -0.15) is 0 Å². The molecule has 3 unspecified atom stereocenters. The molecule has 0 radical (unpaired) electrons. The van der Waals surface area contributed by atoms with Crippen LogP contribution < -0.4 is 31.9 Å². The molecule has 2 aromatic carbocycles. The number of rotatable bonds is 18. The number of ether oxygens (including phenoxy) is 2. The van der Waals surface area contributed by atoms with Crippen molar-refractivity contribution in [1.29, 1.82) is 0 Å². The molecule has 0 bridgehead atoms. The van der Waals surface area contributed by atoms with Crippen LogP contribution in [0.3, 0.4) is 0 Å². The van der Waals surface area contributed by atoms with Gasteiger partial charge in [-0.15, -0.1) is 23.5 Å². The average Bonchev–Trinajstić information content (AvgIpc) is 3.64. The van der Waals surface area contributed by atoms with Crippen LogP contribution in [0.15, 0.2) is 60.7 Å². The lowest BCUT2D eigenvalue weighted by molar-refractivity contribution is -0.144. The minimum atomic E-state index is -0.765. The van der Waals surface area contributed by atoms with Gasteiger partial charge in [0.25, 0.3) is 0 Å². The van der Waals surface area contributed by atoms with Gasteiger partial charge in [-0.05, 0) is 92.0 Å². The lowest BCUT2D eigenvalue weighted by Crippen LogP contribution is -2.58. The molecule has 18 heteroatoms. The molecule has 16 nitrogen and oxygen atoms in total. The Morgan fingerprint density at radius 2 is 1.13 bits per heavy atom. The number of carbonyl (C=O) groups is 6. The van der Waals surface area contributed by atoms with Crippen molar-refractivity contribution in [3.63, 3.8) is 0 Å². The maximum atomic E-state index is 14.3. The fourth-order valence-corrected chi connectivity index (χ4v) is 12.6. The van der Waals surface area contributed by atoms with Gasteiger partial charge in [0.05, 0.1) is 48.6 Å². The highest BCUT2D eigenvalue weighted by molar-refractivity contribution is 8.00. The van der Waals surface area contributed by atoms with Crippen molar-refractivity contribution in [3.8, 4) is 23.7 Å². The minimum absolute atomic E-state index is 0.0426. The molecule has 0 saturated carbocycles. The van der Waals surface area contributed by atoms with Crippen LogP contribution in [0.1, 0.15) is 83.5 Å². The predicted octanol–water partition coefficient (Wildman–Crippen LogP) is 2.72. The maximum absolute atomic E-state index is 14.3. The normalized spacial score (nSPS) is 24.9. The molecule has 4 aliphatic rings. The van der Waals surface area contributed by atoms with Crippen LogP contribution in [0.25, 0.3) is 0 Å². The lowest BCUT2D eigenvalue weighted by atomic mass is 9.83. The number of nitrogens with one attached hydrogen (secondary N) is 6. The van der Waals surface area contributed by atoms with Crippen molar-refractivity contribution < 1.29 is 38.2 Å². The summed E-state index contributed by atoms with van der Waals surface area (Å²) in [5.41, 5.74) is 0.613. The van der Waals surface area contributed by atoms with Crippen molar-refractivity contribution in [2.75, 3.05) is 58.6 Å². The Labute approximate surface area is 415 Å². The predicted molar refractivity (Wildman–Crippen MR) is 268 cm³/mol. The Morgan fingerprint density at radius 3 is 1.55 bits per heavy atom. The van der Waals surface area contributed by atoms with E-state index in [1.165, 1.54) is 0 Å². The Kier molecular flexibility index (Phi) is 19.0. The van der Waals surface area contributed by atoms with E-state index in [1.807, 2.05) is 88.4 Å². The van der Waals surface area contributed by atoms with E-state index in [0.29, 0.717) is 37.2 Å². The number of amides is 6. The van der Waals surface area contributed by atoms with Crippen LogP contribution in [-0.2, 0) is 38.2 Å². The summed E-state index contributed by atoms with van der Waals surface area (Å²) < 4.78 is 11.9. The summed E-state index contributed by atoms with van der Waals surface area (Å²) in [5.74, 6) is 11.2. The number of likely N-dealkylation sites (N-methyl/N-ethyl adjacent to an activating group) is 2. The topological polar surface area (TPSA) is 200 Å². The average molecular weight is 985 g/mol. The summed E-state index contributed by atoms with van der Waals surface area (Å²) in [6.45, 7) is 10.2. The molecule has 0 spiro atoms. The van der Waals surface area contributed by atoms with Gasteiger partial charge in [0.15, 0.2) is 0 Å². The second-order valence-corrected chi connectivity index (χ2v) is 21.8. The number of benzene rings is 2. The first-order valence-electron chi connectivity index (χ1n) is 23.7. The molecule has 6 amide bonds. The molecule has 372 valence electrons. The zero-order valence-electron chi connectivity index (χ0n) is 40.7. The highest BCUT2D eigenvalue weighted by atomic mass is 32.2. The van der Waals surface area contributed by atoms with E-state index in [4.69, 9.17) is 9.47 Å². The first-order valence-corrected chi connectivity index (χ1v) is 25.8.